The molecule has 1 aromatic carbocycles. The zero-order valence-corrected chi connectivity index (χ0v) is 17.1. The first-order valence-corrected chi connectivity index (χ1v) is 9.87. The van der Waals surface area contributed by atoms with Gasteiger partial charge in [0.2, 0.25) is 6.10 Å². The van der Waals surface area contributed by atoms with E-state index in [4.69, 9.17) is 4.74 Å². The van der Waals surface area contributed by atoms with Crippen LogP contribution in [0.1, 0.15) is 36.5 Å². The van der Waals surface area contributed by atoms with Crippen LogP contribution in [0.4, 0.5) is 0 Å². The lowest BCUT2D eigenvalue weighted by molar-refractivity contribution is -0.157. The van der Waals surface area contributed by atoms with Gasteiger partial charge in [0.25, 0.3) is 11.5 Å². The monoisotopic (exact) mass is 411 g/mol. The van der Waals surface area contributed by atoms with Gasteiger partial charge in [0, 0.05) is 45.0 Å². The van der Waals surface area contributed by atoms with E-state index in [9.17, 15) is 19.2 Å². The highest BCUT2D eigenvalue weighted by atomic mass is 16.5. The van der Waals surface area contributed by atoms with Gasteiger partial charge >= 0.3 is 11.7 Å². The summed E-state index contributed by atoms with van der Waals surface area (Å²) in [4.78, 5) is 51.2. The first-order chi connectivity index (χ1) is 14.4. The predicted molar refractivity (Wildman–Crippen MR) is 112 cm³/mol. The number of likely N-dealkylation sites (tertiary alicyclic amines) is 1. The van der Waals surface area contributed by atoms with E-state index in [1.54, 1.807) is 29.2 Å². The van der Waals surface area contributed by atoms with Crippen LogP contribution in [-0.2, 0) is 28.4 Å². The highest BCUT2D eigenvalue weighted by molar-refractivity contribution is 5.91. The van der Waals surface area contributed by atoms with Crippen molar-refractivity contribution in [1.82, 2.24) is 14.0 Å². The van der Waals surface area contributed by atoms with Gasteiger partial charge in [-0.15, -0.1) is 0 Å². The lowest BCUT2D eigenvalue weighted by Gasteiger charge is -2.30. The number of amides is 1. The second kappa shape index (κ2) is 9.39. The summed E-state index contributed by atoms with van der Waals surface area (Å²) in [6, 6.07) is 8.87. The van der Waals surface area contributed by atoms with Crippen molar-refractivity contribution < 1.29 is 14.3 Å². The number of aryl methyl sites for hydroxylation is 1. The molecule has 1 unspecified atom stereocenters. The summed E-state index contributed by atoms with van der Waals surface area (Å²) in [6.45, 7) is 1.29. The molecule has 0 aliphatic carbocycles. The molecule has 1 saturated heterocycles. The molecule has 8 nitrogen and oxygen atoms in total. The van der Waals surface area contributed by atoms with Crippen molar-refractivity contribution in [3.8, 4) is 0 Å². The van der Waals surface area contributed by atoms with E-state index in [0.29, 0.717) is 18.7 Å². The Labute approximate surface area is 174 Å². The van der Waals surface area contributed by atoms with Crippen LogP contribution in [-0.4, -0.2) is 39.0 Å². The van der Waals surface area contributed by atoms with E-state index >= 15 is 0 Å². The standard InChI is InChI=1S/C22H25N3O5/c1-23-15-17(20(27)24(2)22(23)29)11-12-18(26)30-19(16-9-5-3-6-10-16)21(28)25-13-7-4-8-14-25/h3,5-6,9-12,15,19H,4,7-8,13-14H2,1-2H3/b12-11+. The van der Waals surface area contributed by atoms with E-state index in [1.165, 1.54) is 30.9 Å². The van der Waals surface area contributed by atoms with E-state index in [0.717, 1.165) is 29.9 Å². The molecule has 2 heterocycles. The quantitative estimate of drug-likeness (QED) is 0.548. The van der Waals surface area contributed by atoms with Crippen molar-refractivity contribution >= 4 is 18.0 Å². The Balaban J connectivity index is 1.81. The third-order valence-corrected chi connectivity index (χ3v) is 5.10. The average molecular weight is 411 g/mol. The summed E-state index contributed by atoms with van der Waals surface area (Å²) in [5.74, 6) is -0.995. The number of benzene rings is 1. The van der Waals surface area contributed by atoms with Gasteiger partial charge in [-0.25, -0.2) is 9.59 Å². The zero-order chi connectivity index (χ0) is 21.7. The Bertz CT molecular complexity index is 1060. The summed E-state index contributed by atoms with van der Waals surface area (Å²) in [5.41, 5.74) is -0.231. The molecule has 1 aliphatic heterocycles. The van der Waals surface area contributed by atoms with Crippen molar-refractivity contribution in [3.05, 3.63) is 74.6 Å². The highest BCUT2D eigenvalue weighted by Crippen LogP contribution is 2.23. The van der Waals surface area contributed by atoms with E-state index < -0.39 is 23.3 Å². The molecule has 158 valence electrons. The number of hydrogen-bond donors (Lipinski definition) is 0. The fraction of sp³-hybridized carbons (Fsp3) is 0.364. The predicted octanol–water partition coefficient (Wildman–Crippen LogP) is 1.39. The Hall–Kier alpha value is -3.42. The van der Waals surface area contributed by atoms with Crippen LogP contribution < -0.4 is 11.2 Å². The Morgan fingerprint density at radius 3 is 2.37 bits per heavy atom. The Morgan fingerprint density at radius 2 is 1.70 bits per heavy atom. The van der Waals surface area contributed by atoms with Gasteiger partial charge in [-0.3, -0.25) is 14.2 Å². The van der Waals surface area contributed by atoms with Gasteiger partial charge in [-0.2, -0.15) is 0 Å². The van der Waals surface area contributed by atoms with Crippen LogP contribution >= 0.6 is 0 Å². The van der Waals surface area contributed by atoms with Crippen molar-refractivity contribution in [2.75, 3.05) is 13.1 Å². The van der Waals surface area contributed by atoms with E-state index in [-0.39, 0.29) is 11.5 Å². The molecule has 0 saturated carbocycles. The van der Waals surface area contributed by atoms with Crippen LogP contribution in [0.25, 0.3) is 6.08 Å². The fourth-order valence-electron chi connectivity index (χ4n) is 3.43. The van der Waals surface area contributed by atoms with Crippen molar-refractivity contribution in [2.24, 2.45) is 14.1 Å². The largest absolute Gasteiger partial charge is 0.444 e. The molecule has 2 aromatic rings. The normalized spacial score (nSPS) is 15.2. The second-order valence-electron chi connectivity index (χ2n) is 7.29. The zero-order valence-electron chi connectivity index (χ0n) is 17.1. The molecular weight excluding hydrogens is 386 g/mol. The summed E-state index contributed by atoms with van der Waals surface area (Å²) in [7, 11) is 2.88. The minimum Gasteiger partial charge on any atom is -0.444 e. The summed E-state index contributed by atoms with van der Waals surface area (Å²) >= 11 is 0. The first kappa shape index (κ1) is 21.3. The molecule has 3 rings (SSSR count). The second-order valence-corrected chi connectivity index (χ2v) is 7.29. The molecule has 0 radical (unpaired) electrons. The number of rotatable bonds is 5. The molecule has 1 aromatic heterocycles. The van der Waals surface area contributed by atoms with Crippen LogP contribution in [0.2, 0.25) is 0 Å². The topological polar surface area (TPSA) is 90.6 Å². The Kier molecular flexibility index (Phi) is 6.66. The van der Waals surface area contributed by atoms with Crippen molar-refractivity contribution in [3.63, 3.8) is 0 Å². The third kappa shape index (κ3) is 4.76. The molecule has 1 amide bonds. The van der Waals surface area contributed by atoms with Gasteiger partial charge in [-0.1, -0.05) is 30.3 Å². The minimum atomic E-state index is -1.05. The maximum Gasteiger partial charge on any atom is 0.331 e. The SMILES string of the molecule is Cn1cc(/C=C/C(=O)OC(C(=O)N2CCCCC2)c2ccccc2)c(=O)n(C)c1=O. The average Bonchev–Trinajstić information content (AvgIpc) is 2.78. The van der Waals surface area contributed by atoms with Gasteiger partial charge in [0.1, 0.15) is 0 Å². The van der Waals surface area contributed by atoms with Crippen molar-refractivity contribution in [1.29, 1.82) is 0 Å². The Morgan fingerprint density at radius 1 is 1.03 bits per heavy atom. The third-order valence-electron chi connectivity index (χ3n) is 5.10. The summed E-state index contributed by atoms with van der Waals surface area (Å²) in [5, 5.41) is 0. The molecule has 1 aliphatic rings. The lowest BCUT2D eigenvalue weighted by atomic mass is 10.1. The van der Waals surface area contributed by atoms with Crippen LogP contribution in [0.5, 0.6) is 0 Å². The molecule has 8 heteroatoms. The number of aromatic nitrogens is 2. The lowest BCUT2D eigenvalue weighted by Crippen LogP contribution is -2.40. The maximum atomic E-state index is 13.0. The molecule has 1 fully saturated rings. The maximum absolute atomic E-state index is 13.0. The fourth-order valence-corrected chi connectivity index (χ4v) is 3.43. The number of esters is 1. The molecular formula is C22H25N3O5. The van der Waals surface area contributed by atoms with E-state index in [2.05, 4.69) is 0 Å². The number of piperidine rings is 1. The highest BCUT2D eigenvalue weighted by Gasteiger charge is 2.29. The number of ether oxygens (including phenoxy) is 1. The van der Waals surface area contributed by atoms with Crippen LogP contribution in [0.15, 0.2) is 52.2 Å². The number of nitrogens with zero attached hydrogens (tertiary/aromatic N) is 3. The van der Waals surface area contributed by atoms with Gasteiger partial charge in [0.15, 0.2) is 0 Å². The first-order valence-electron chi connectivity index (χ1n) is 9.87. The smallest absolute Gasteiger partial charge is 0.331 e. The van der Waals surface area contributed by atoms with Crippen LogP contribution in [0, 0.1) is 0 Å². The van der Waals surface area contributed by atoms with Gasteiger partial charge < -0.3 is 14.2 Å². The number of hydrogen-bond acceptors (Lipinski definition) is 5. The summed E-state index contributed by atoms with van der Waals surface area (Å²) < 4.78 is 7.71. The van der Waals surface area contributed by atoms with E-state index in [1.807, 2.05) is 6.07 Å². The summed E-state index contributed by atoms with van der Waals surface area (Å²) in [6.07, 6.45) is 5.62. The van der Waals surface area contributed by atoms with Gasteiger partial charge in [-0.05, 0) is 25.3 Å². The molecule has 0 spiro atoms. The van der Waals surface area contributed by atoms with Crippen LogP contribution in [0.3, 0.4) is 0 Å². The number of carbonyl (C=O) groups excluding carboxylic acids is 2. The minimum absolute atomic E-state index is 0.162. The molecule has 1 atom stereocenters. The molecule has 0 N–H and O–H groups in total. The molecule has 0 bridgehead atoms. The number of carbonyl (C=O) groups is 2. The molecule has 30 heavy (non-hydrogen) atoms. The van der Waals surface area contributed by atoms with Gasteiger partial charge in [0.05, 0.1) is 5.56 Å². The van der Waals surface area contributed by atoms with Crippen molar-refractivity contribution in [2.45, 2.75) is 25.4 Å².